The van der Waals surface area contributed by atoms with Gasteiger partial charge in [0.05, 0.1) is 18.8 Å². The van der Waals surface area contributed by atoms with Gasteiger partial charge in [-0.05, 0) is 41.8 Å². The van der Waals surface area contributed by atoms with Gasteiger partial charge in [-0.1, -0.05) is 26.8 Å². The highest BCUT2D eigenvalue weighted by molar-refractivity contribution is 6.05. The lowest BCUT2D eigenvalue weighted by molar-refractivity contribution is -0.119. The fraction of sp³-hybridized carbons (Fsp3) is 0.300. The lowest BCUT2D eigenvalue weighted by Crippen LogP contribution is -2.45. The van der Waals surface area contributed by atoms with Crippen LogP contribution < -0.4 is 21.1 Å². The maximum atomic E-state index is 13.3. The summed E-state index contributed by atoms with van der Waals surface area (Å²) in [6.07, 6.45) is 0. The van der Waals surface area contributed by atoms with E-state index in [4.69, 9.17) is 10.5 Å². The molecule has 0 bridgehead atoms. The monoisotopic (exact) mass is 409 g/mol. The Balaban J connectivity index is 0.00000392. The number of methoxy groups -OCH3 is 1. The van der Waals surface area contributed by atoms with Crippen molar-refractivity contribution in [1.82, 2.24) is 0 Å². The topological polar surface area (TPSA) is 93.4 Å². The van der Waals surface area contributed by atoms with Crippen molar-refractivity contribution in [1.29, 1.82) is 0 Å². The summed E-state index contributed by atoms with van der Waals surface area (Å²) in [5.41, 5.74) is 6.53. The number of rotatable bonds is 5. The minimum absolute atomic E-state index is 0. The van der Waals surface area contributed by atoms with Crippen LogP contribution in [0.4, 0.5) is 15.8 Å². The molecule has 2 amide bonds. The summed E-state index contributed by atoms with van der Waals surface area (Å²) in [7, 11) is 1.46. The van der Waals surface area contributed by atoms with Gasteiger partial charge >= 0.3 is 0 Å². The Hall–Kier alpha value is -2.64. The predicted octanol–water partition coefficient (Wildman–Crippen LogP) is 3.82. The summed E-state index contributed by atoms with van der Waals surface area (Å²) in [6, 6.07) is 9.45. The van der Waals surface area contributed by atoms with Gasteiger partial charge in [-0.3, -0.25) is 9.59 Å². The smallest absolute Gasteiger partial charge is 0.255 e. The first-order valence-electron chi connectivity index (χ1n) is 8.43. The molecule has 0 heterocycles. The van der Waals surface area contributed by atoms with Crippen LogP contribution in [0.15, 0.2) is 42.5 Å². The second-order valence-electron chi connectivity index (χ2n) is 7.21. The molecular weight excluding hydrogens is 385 g/mol. The number of nitrogens with one attached hydrogen (secondary N) is 2. The third kappa shape index (κ3) is 5.94. The van der Waals surface area contributed by atoms with E-state index < -0.39 is 23.2 Å². The number of anilines is 2. The number of carbonyl (C=O) groups is 2. The van der Waals surface area contributed by atoms with Crippen molar-refractivity contribution in [3.63, 3.8) is 0 Å². The van der Waals surface area contributed by atoms with Gasteiger partial charge in [0.2, 0.25) is 5.91 Å². The highest BCUT2D eigenvalue weighted by Crippen LogP contribution is 2.29. The van der Waals surface area contributed by atoms with Gasteiger partial charge < -0.3 is 21.1 Å². The molecule has 0 radical (unpaired) electrons. The van der Waals surface area contributed by atoms with E-state index in [2.05, 4.69) is 10.6 Å². The third-order valence-corrected chi connectivity index (χ3v) is 4.02. The number of hydrogen-bond donors (Lipinski definition) is 3. The zero-order chi connectivity index (χ0) is 20.2. The SMILES string of the molecule is COc1ccc(NC(=O)[C@@H](N)C(C)(C)C)cc1NC(=O)c1cccc(F)c1.Cl. The van der Waals surface area contributed by atoms with E-state index in [1.54, 1.807) is 18.2 Å². The van der Waals surface area contributed by atoms with Crippen molar-refractivity contribution in [2.24, 2.45) is 11.1 Å². The van der Waals surface area contributed by atoms with Crippen LogP contribution in [-0.4, -0.2) is 25.0 Å². The maximum absolute atomic E-state index is 13.3. The van der Waals surface area contributed by atoms with Crippen LogP contribution in [0, 0.1) is 11.2 Å². The molecule has 0 saturated carbocycles. The number of ether oxygens (including phenoxy) is 1. The zero-order valence-corrected chi connectivity index (χ0v) is 17.0. The summed E-state index contributed by atoms with van der Waals surface area (Å²) < 4.78 is 18.6. The standard InChI is InChI=1S/C20H24FN3O3.ClH/c1-20(2,3)17(22)19(26)23-14-8-9-16(27-4)15(11-14)24-18(25)12-6-5-7-13(21)10-12;/h5-11,17H,22H2,1-4H3,(H,23,26)(H,24,25);1H/t17-;/m1./s1. The first-order valence-corrected chi connectivity index (χ1v) is 8.43. The van der Waals surface area contributed by atoms with E-state index in [1.165, 1.54) is 25.3 Å². The summed E-state index contributed by atoms with van der Waals surface area (Å²) in [4.78, 5) is 24.7. The highest BCUT2D eigenvalue weighted by Gasteiger charge is 2.27. The van der Waals surface area contributed by atoms with E-state index in [0.29, 0.717) is 17.1 Å². The highest BCUT2D eigenvalue weighted by atomic mass is 35.5. The Morgan fingerprint density at radius 3 is 2.36 bits per heavy atom. The fourth-order valence-corrected chi connectivity index (χ4v) is 2.32. The van der Waals surface area contributed by atoms with Crippen molar-refractivity contribution in [2.45, 2.75) is 26.8 Å². The minimum atomic E-state index is -0.704. The average Bonchev–Trinajstić information content (AvgIpc) is 2.60. The van der Waals surface area contributed by atoms with E-state index in [-0.39, 0.29) is 23.9 Å². The lowest BCUT2D eigenvalue weighted by atomic mass is 9.87. The third-order valence-electron chi connectivity index (χ3n) is 4.02. The molecule has 2 aromatic rings. The van der Waals surface area contributed by atoms with E-state index in [9.17, 15) is 14.0 Å². The lowest BCUT2D eigenvalue weighted by Gasteiger charge is -2.26. The summed E-state index contributed by atoms with van der Waals surface area (Å²) in [6.45, 7) is 5.61. The predicted molar refractivity (Wildman–Crippen MR) is 111 cm³/mol. The number of halogens is 2. The summed E-state index contributed by atoms with van der Waals surface area (Å²) in [5, 5.41) is 5.40. The second-order valence-corrected chi connectivity index (χ2v) is 7.21. The van der Waals surface area contributed by atoms with E-state index >= 15 is 0 Å². The van der Waals surface area contributed by atoms with Gasteiger partial charge in [0, 0.05) is 11.3 Å². The van der Waals surface area contributed by atoms with Crippen LogP contribution in [0.1, 0.15) is 31.1 Å². The molecule has 2 rings (SSSR count). The molecule has 4 N–H and O–H groups in total. The first-order chi connectivity index (χ1) is 12.6. The van der Waals surface area contributed by atoms with Crippen molar-refractivity contribution >= 4 is 35.6 Å². The summed E-state index contributed by atoms with van der Waals surface area (Å²) >= 11 is 0. The molecular formula is C20H25ClFN3O3. The molecule has 0 fully saturated rings. The van der Waals surface area contributed by atoms with Crippen LogP contribution in [-0.2, 0) is 4.79 Å². The number of nitrogens with two attached hydrogens (primary N) is 1. The van der Waals surface area contributed by atoms with Crippen LogP contribution >= 0.6 is 12.4 Å². The molecule has 0 saturated heterocycles. The molecule has 28 heavy (non-hydrogen) atoms. The maximum Gasteiger partial charge on any atom is 0.255 e. The van der Waals surface area contributed by atoms with Crippen LogP contribution in [0.3, 0.4) is 0 Å². The molecule has 152 valence electrons. The van der Waals surface area contributed by atoms with Crippen molar-refractivity contribution < 1.29 is 18.7 Å². The Morgan fingerprint density at radius 1 is 1.11 bits per heavy atom. The van der Waals surface area contributed by atoms with E-state index in [1.807, 2.05) is 20.8 Å². The van der Waals surface area contributed by atoms with Crippen molar-refractivity contribution in [2.75, 3.05) is 17.7 Å². The molecule has 2 aromatic carbocycles. The Morgan fingerprint density at radius 2 is 1.79 bits per heavy atom. The molecule has 0 aromatic heterocycles. The number of benzene rings is 2. The van der Waals surface area contributed by atoms with Gasteiger partial charge in [0.1, 0.15) is 11.6 Å². The number of amides is 2. The Labute approximate surface area is 170 Å². The van der Waals surface area contributed by atoms with Crippen LogP contribution in [0.25, 0.3) is 0 Å². The minimum Gasteiger partial charge on any atom is -0.495 e. The molecule has 0 aliphatic heterocycles. The zero-order valence-electron chi connectivity index (χ0n) is 16.2. The number of carbonyl (C=O) groups excluding carboxylic acids is 2. The molecule has 0 aliphatic rings. The van der Waals surface area contributed by atoms with Crippen molar-refractivity contribution in [3.8, 4) is 5.75 Å². The molecule has 0 spiro atoms. The van der Waals surface area contributed by atoms with E-state index in [0.717, 1.165) is 6.07 Å². The number of hydrogen-bond acceptors (Lipinski definition) is 4. The van der Waals surface area contributed by atoms with Gasteiger partial charge in [-0.15, -0.1) is 12.4 Å². The molecule has 6 nitrogen and oxygen atoms in total. The fourth-order valence-electron chi connectivity index (χ4n) is 2.32. The largest absolute Gasteiger partial charge is 0.495 e. The second kappa shape index (κ2) is 9.52. The molecule has 0 aliphatic carbocycles. The molecule has 1 atom stereocenters. The molecule has 0 unspecified atom stereocenters. The van der Waals surface area contributed by atoms with Gasteiger partial charge in [-0.2, -0.15) is 0 Å². The van der Waals surface area contributed by atoms with Gasteiger partial charge in [0.15, 0.2) is 0 Å². The van der Waals surface area contributed by atoms with Crippen LogP contribution in [0.5, 0.6) is 5.75 Å². The Bertz CT molecular complexity index is 853. The van der Waals surface area contributed by atoms with Gasteiger partial charge in [-0.25, -0.2) is 4.39 Å². The molecule has 8 heteroatoms. The van der Waals surface area contributed by atoms with Gasteiger partial charge in [0.25, 0.3) is 5.91 Å². The van der Waals surface area contributed by atoms with Crippen LogP contribution in [0.2, 0.25) is 0 Å². The average molecular weight is 410 g/mol. The summed E-state index contributed by atoms with van der Waals surface area (Å²) in [5.74, 6) is -0.942. The van der Waals surface area contributed by atoms with Crippen molar-refractivity contribution in [3.05, 3.63) is 53.8 Å². The quantitative estimate of drug-likeness (QED) is 0.699. The Kier molecular flexibility index (Phi) is 7.96. The normalized spacial score (nSPS) is 11.8. The first kappa shape index (κ1) is 23.4.